The molecule has 1 aliphatic heterocycles. The van der Waals surface area contributed by atoms with Crippen molar-refractivity contribution in [3.8, 4) is 5.75 Å². The highest BCUT2D eigenvalue weighted by Crippen LogP contribution is 2.32. The van der Waals surface area contributed by atoms with E-state index in [0.717, 1.165) is 0 Å². The van der Waals surface area contributed by atoms with Gasteiger partial charge in [0.05, 0.1) is 30.5 Å². The summed E-state index contributed by atoms with van der Waals surface area (Å²) in [6.45, 7) is 2.17. The van der Waals surface area contributed by atoms with Gasteiger partial charge in [0.25, 0.3) is 0 Å². The number of hydrogen-bond acceptors (Lipinski definition) is 9. The lowest BCUT2D eigenvalue weighted by atomic mass is 10.1. The first kappa shape index (κ1) is 22.3. The van der Waals surface area contributed by atoms with Crippen molar-refractivity contribution in [2.45, 2.75) is 0 Å². The van der Waals surface area contributed by atoms with Crippen LogP contribution in [-0.2, 0) is 4.74 Å². The number of aromatic hydroxyl groups is 1. The molecule has 178 valence electrons. The Labute approximate surface area is 198 Å². The maximum atomic E-state index is 15.1. The van der Waals surface area contributed by atoms with Crippen LogP contribution in [0.25, 0.3) is 23.1 Å². The van der Waals surface area contributed by atoms with Gasteiger partial charge in [-0.1, -0.05) is 0 Å². The fourth-order valence-corrected chi connectivity index (χ4v) is 3.74. The summed E-state index contributed by atoms with van der Waals surface area (Å²) in [5.74, 6) is 0.261. The van der Waals surface area contributed by atoms with Crippen LogP contribution < -0.4 is 10.2 Å². The van der Waals surface area contributed by atoms with Crippen molar-refractivity contribution in [3.63, 3.8) is 0 Å². The lowest BCUT2D eigenvalue weighted by Crippen LogP contribution is -2.36. The molecule has 2 aromatic carbocycles. The molecule has 1 fully saturated rings. The van der Waals surface area contributed by atoms with Crippen LogP contribution >= 0.6 is 0 Å². The number of halogens is 1. The van der Waals surface area contributed by atoms with E-state index in [9.17, 15) is 15.2 Å². The number of benzene rings is 2. The SMILES string of the molecule is O=[N+]([O-])c1ccc(/C=C/c2nc(Nc3ccc(O)cc3)c3cc(N4CCOCC4)c(F)cc3n2)o1. The number of aromatic nitrogens is 2. The molecule has 10 nitrogen and oxygen atoms in total. The molecule has 11 heteroatoms. The van der Waals surface area contributed by atoms with Crippen LogP contribution in [0.2, 0.25) is 0 Å². The van der Waals surface area contributed by atoms with Gasteiger partial charge in [0.1, 0.15) is 28.1 Å². The minimum absolute atomic E-state index is 0.121. The number of ether oxygens (including phenoxy) is 1. The average molecular weight is 477 g/mol. The van der Waals surface area contributed by atoms with E-state index in [4.69, 9.17) is 9.15 Å². The molecule has 0 atom stereocenters. The Hall–Kier alpha value is -4.51. The molecular formula is C24H20FN5O5. The maximum Gasteiger partial charge on any atom is 0.433 e. The number of nitrogens with one attached hydrogen (secondary N) is 1. The van der Waals surface area contributed by atoms with Gasteiger partial charge < -0.3 is 24.5 Å². The predicted octanol–water partition coefficient (Wildman–Crippen LogP) is 4.73. The summed E-state index contributed by atoms with van der Waals surface area (Å²) in [5, 5.41) is 24.2. The number of phenolic OH excluding ortho intramolecular Hbond substituents is 1. The van der Waals surface area contributed by atoms with Crippen LogP contribution in [0.4, 0.5) is 27.5 Å². The molecule has 2 aromatic heterocycles. The number of phenols is 1. The summed E-state index contributed by atoms with van der Waals surface area (Å²) in [4.78, 5) is 21.2. The van der Waals surface area contributed by atoms with E-state index in [0.29, 0.717) is 54.4 Å². The van der Waals surface area contributed by atoms with Crippen LogP contribution in [0, 0.1) is 15.9 Å². The number of fused-ring (bicyclic) bond motifs is 1. The zero-order chi connectivity index (χ0) is 24.4. The third-order valence-electron chi connectivity index (χ3n) is 5.45. The van der Waals surface area contributed by atoms with Gasteiger partial charge in [-0.3, -0.25) is 10.1 Å². The molecule has 0 radical (unpaired) electrons. The Morgan fingerprint density at radius 2 is 1.86 bits per heavy atom. The molecule has 0 spiro atoms. The van der Waals surface area contributed by atoms with Gasteiger partial charge in [0.15, 0.2) is 5.82 Å². The third kappa shape index (κ3) is 4.89. The van der Waals surface area contributed by atoms with Gasteiger partial charge in [-0.05, 0) is 48.6 Å². The summed E-state index contributed by atoms with van der Waals surface area (Å²) in [7, 11) is 0. The molecule has 2 N–H and O–H groups in total. The quantitative estimate of drug-likeness (QED) is 0.230. The molecule has 3 heterocycles. The van der Waals surface area contributed by atoms with E-state index in [2.05, 4.69) is 15.3 Å². The third-order valence-corrected chi connectivity index (χ3v) is 5.45. The Morgan fingerprint density at radius 3 is 2.57 bits per heavy atom. The molecule has 1 saturated heterocycles. The molecule has 35 heavy (non-hydrogen) atoms. The van der Waals surface area contributed by atoms with E-state index in [1.165, 1.54) is 42.5 Å². The minimum atomic E-state index is -0.627. The van der Waals surface area contributed by atoms with E-state index >= 15 is 4.39 Å². The van der Waals surface area contributed by atoms with Crippen molar-refractivity contribution in [2.75, 3.05) is 36.5 Å². The summed E-state index contributed by atoms with van der Waals surface area (Å²) >= 11 is 0. The smallest absolute Gasteiger partial charge is 0.433 e. The zero-order valence-corrected chi connectivity index (χ0v) is 18.3. The molecule has 5 rings (SSSR count). The number of anilines is 3. The Bertz CT molecular complexity index is 1410. The summed E-state index contributed by atoms with van der Waals surface area (Å²) in [5.41, 5.74) is 1.47. The number of hydrogen-bond donors (Lipinski definition) is 2. The first-order chi connectivity index (χ1) is 17.0. The van der Waals surface area contributed by atoms with Crippen molar-refractivity contribution >= 4 is 46.1 Å². The highest BCUT2D eigenvalue weighted by molar-refractivity contribution is 5.94. The first-order valence-electron chi connectivity index (χ1n) is 10.8. The van der Waals surface area contributed by atoms with Gasteiger partial charge in [-0.25, -0.2) is 14.4 Å². The number of rotatable bonds is 6. The van der Waals surface area contributed by atoms with Crippen molar-refractivity contribution < 1.29 is 23.6 Å². The summed E-state index contributed by atoms with van der Waals surface area (Å²) in [6.07, 6.45) is 3.02. The molecule has 0 aliphatic carbocycles. The van der Waals surface area contributed by atoms with Crippen molar-refractivity contribution in [1.29, 1.82) is 0 Å². The van der Waals surface area contributed by atoms with Crippen molar-refractivity contribution in [2.24, 2.45) is 0 Å². The van der Waals surface area contributed by atoms with Gasteiger partial charge in [-0.15, -0.1) is 0 Å². The Morgan fingerprint density at radius 1 is 1.09 bits per heavy atom. The zero-order valence-electron chi connectivity index (χ0n) is 18.3. The van der Waals surface area contributed by atoms with Gasteiger partial charge in [0, 0.05) is 30.2 Å². The molecule has 1 aliphatic rings. The van der Waals surface area contributed by atoms with Crippen LogP contribution in [0.3, 0.4) is 0 Å². The molecular weight excluding hydrogens is 457 g/mol. The van der Waals surface area contributed by atoms with E-state index < -0.39 is 10.7 Å². The Balaban J connectivity index is 1.56. The highest BCUT2D eigenvalue weighted by atomic mass is 19.1. The van der Waals surface area contributed by atoms with Gasteiger partial charge in [0.2, 0.25) is 0 Å². The van der Waals surface area contributed by atoms with Crippen molar-refractivity contribution in [3.05, 3.63) is 76.0 Å². The lowest BCUT2D eigenvalue weighted by molar-refractivity contribution is -0.402. The normalized spacial score (nSPS) is 14.0. The monoisotopic (exact) mass is 477 g/mol. The maximum absolute atomic E-state index is 15.1. The minimum Gasteiger partial charge on any atom is -0.508 e. The Kier molecular flexibility index (Phi) is 5.98. The topological polar surface area (TPSA) is 127 Å². The van der Waals surface area contributed by atoms with Gasteiger partial charge in [-0.2, -0.15) is 0 Å². The van der Waals surface area contributed by atoms with E-state index in [-0.39, 0.29) is 23.2 Å². The standard InChI is InChI=1S/C24H20FN5O5/c25-19-14-20-18(13-21(19)29-9-11-34-12-10-29)24(26-15-1-3-16(31)4-2-15)28-22(27-20)7-5-17-6-8-23(35-17)30(32)33/h1-8,13-14,31H,9-12H2,(H,26,27,28)/b7-5+. The fraction of sp³-hybridized carbons (Fsp3) is 0.167. The molecule has 0 amide bonds. The molecule has 0 unspecified atom stereocenters. The van der Waals surface area contributed by atoms with Crippen LogP contribution in [-0.4, -0.2) is 46.3 Å². The first-order valence-corrected chi connectivity index (χ1v) is 10.8. The van der Waals surface area contributed by atoms with Crippen LogP contribution in [0.5, 0.6) is 5.75 Å². The van der Waals surface area contributed by atoms with Gasteiger partial charge >= 0.3 is 5.88 Å². The number of furan rings is 1. The second kappa shape index (κ2) is 9.39. The predicted molar refractivity (Wildman–Crippen MR) is 128 cm³/mol. The van der Waals surface area contributed by atoms with E-state index in [1.807, 2.05) is 4.90 Å². The average Bonchev–Trinajstić information content (AvgIpc) is 3.34. The molecule has 0 bridgehead atoms. The summed E-state index contributed by atoms with van der Waals surface area (Å²) < 4.78 is 25.6. The van der Waals surface area contributed by atoms with Crippen LogP contribution in [0.1, 0.15) is 11.6 Å². The second-order valence-electron chi connectivity index (χ2n) is 7.79. The molecule has 0 saturated carbocycles. The van der Waals surface area contributed by atoms with E-state index in [1.54, 1.807) is 18.2 Å². The fourth-order valence-electron chi connectivity index (χ4n) is 3.74. The summed E-state index contributed by atoms with van der Waals surface area (Å²) in [6, 6.07) is 12.2. The number of nitro groups is 1. The molecule has 4 aromatic rings. The van der Waals surface area contributed by atoms with Crippen molar-refractivity contribution in [1.82, 2.24) is 9.97 Å². The largest absolute Gasteiger partial charge is 0.508 e. The highest BCUT2D eigenvalue weighted by Gasteiger charge is 2.19. The van der Waals surface area contributed by atoms with Crippen LogP contribution in [0.15, 0.2) is 52.9 Å². The lowest BCUT2D eigenvalue weighted by Gasteiger charge is -2.29. The number of morpholine rings is 1. The second-order valence-corrected chi connectivity index (χ2v) is 7.79. The number of nitrogens with zero attached hydrogens (tertiary/aromatic N) is 4.